The molecule has 1 aromatic carbocycles. The zero-order valence-electron chi connectivity index (χ0n) is 22.6. The van der Waals surface area contributed by atoms with Gasteiger partial charge in [-0.05, 0) is 55.7 Å². The number of esters is 1. The molecule has 0 saturated heterocycles. The second-order valence-electron chi connectivity index (χ2n) is 9.56. The van der Waals surface area contributed by atoms with Crippen molar-refractivity contribution in [1.82, 2.24) is 10.2 Å². The van der Waals surface area contributed by atoms with E-state index in [1.165, 1.54) is 89.9 Å². The Hall–Kier alpha value is -2.23. The van der Waals surface area contributed by atoms with Gasteiger partial charge < -0.3 is 4.74 Å². The number of aryl methyl sites for hydroxylation is 1. The largest absolute Gasteiger partial charge is 0.426 e. The summed E-state index contributed by atoms with van der Waals surface area (Å²) < 4.78 is 5.44. The van der Waals surface area contributed by atoms with E-state index in [0.717, 1.165) is 28.4 Å². The van der Waals surface area contributed by atoms with Crippen LogP contribution in [0.3, 0.4) is 0 Å². The van der Waals surface area contributed by atoms with Crippen molar-refractivity contribution < 1.29 is 9.53 Å². The van der Waals surface area contributed by atoms with Crippen molar-refractivity contribution in [3.8, 4) is 16.3 Å². The molecule has 0 unspecified atom stereocenters. The third kappa shape index (κ3) is 13.8. The van der Waals surface area contributed by atoms with Gasteiger partial charge in [-0.25, -0.2) is 0 Å². The Labute approximate surface area is 223 Å². The van der Waals surface area contributed by atoms with E-state index in [9.17, 15) is 4.79 Å². The van der Waals surface area contributed by atoms with Gasteiger partial charge in [0.25, 0.3) is 0 Å². The van der Waals surface area contributed by atoms with Crippen molar-refractivity contribution >= 4 is 17.3 Å². The molecule has 1 heterocycles. The van der Waals surface area contributed by atoms with Gasteiger partial charge in [0.2, 0.25) is 0 Å². The maximum absolute atomic E-state index is 12.1. The predicted molar refractivity (Wildman–Crippen MR) is 153 cm³/mol. The first-order valence-corrected chi connectivity index (χ1v) is 15.1. The van der Waals surface area contributed by atoms with Gasteiger partial charge in [-0.3, -0.25) is 4.79 Å². The molecular formula is C31H46N2O2S. The van der Waals surface area contributed by atoms with Crippen LogP contribution in [0, 0.1) is 0 Å². The van der Waals surface area contributed by atoms with Crippen molar-refractivity contribution in [3.05, 3.63) is 47.2 Å². The average molecular weight is 511 g/mol. The molecule has 2 rings (SSSR count). The Balaban J connectivity index is 1.63. The highest BCUT2D eigenvalue weighted by Gasteiger charge is 2.08. The van der Waals surface area contributed by atoms with Crippen molar-refractivity contribution in [3.63, 3.8) is 0 Å². The standard InChI is InChI=1S/C31H46N2O2S/c1-3-5-7-9-11-13-15-17-19-21-29-32-33-31(36-29)27-23-25-28(26-24-27)35-30(34)22-20-18-16-14-12-10-8-6-4-2/h16,20,23-26H,3-15,17,19,21-22H2,1-2H3. The smallest absolute Gasteiger partial charge is 0.315 e. The Morgan fingerprint density at radius 1 is 0.806 bits per heavy atom. The van der Waals surface area contributed by atoms with Gasteiger partial charge in [-0.1, -0.05) is 102 Å². The SMILES string of the molecule is CCCCCCCC=C=CCC(=O)Oc1ccc(-c2nnc(CCCCCCCCCCC)s2)cc1. The second-order valence-corrected chi connectivity index (χ2v) is 10.6. The van der Waals surface area contributed by atoms with E-state index in [0.29, 0.717) is 5.75 Å². The maximum atomic E-state index is 12.1. The highest BCUT2D eigenvalue weighted by atomic mass is 32.1. The lowest BCUT2D eigenvalue weighted by Crippen LogP contribution is -2.05. The Morgan fingerprint density at radius 3 is 2.08 bits per heavy atom. The maximum Gasteiger partial charge on any atom is 0.315 e. The zero-order valence-corrected chi connectivity index (χ0v) is 23.4. The van der Waals surface area contributed by atoms with Crippen LogP contribution in [-0.2, 0) is 11.2 Å². The van der Waals surface area contributed by atoms with Gasteiger partial charge in [-0.2, -0.15) is 0 Å². The molecule has 0 N–H and O–H groups in total. The number of carbonyl (C=O) groups excluding carboxylic acids is 1. The van der Waals surface area contributed by atoms with Gasteiger partial charge in [0, 0.05) is 12.0 Å². The Kier molecular flexibility index (Phi) is 16.6. The minimum Gasteiger partial charge on any atom is -0.426 e. The summed E-state index contributed by atoms with van der Waals surface area (Å²) in [4.78, 5) is 12.1. The van der Waals surface area contributed by atoms with Crippen LogP contribution in [0.5, 0.6) is 5.75 Å². The molecule has 5 heteroatoms. The van der Waals surface area contributed by atoms with Crippen LogP contribution in [0.1, 0.15) is 122 Å². The molecule has 0 radical (unpaired) electrons. The topological polar surface area (TPSA) is 52.1 Å². The number of carbonyl (C=O) groups is 1. The lowest BCUT2D eigenvalue weighted by Gasteiger charge is -2.03. The van der Waals surface area contributed by atoms with E-state index in [1.54, 1.807) is 17.4 Å². The molecule has 1 aromatic heterocycles. The first kappa shape index (κ1) is 30.0. The molecule has 0 bridgehead atoms. The van der Waals surface area contributed by atoms with Crippen molar-refractivity contribution in [2.75, 3.05) is 0 Å². The van der Waals surface area contributed by atoms with E-state index < -0.39 is 0 Å². The summed E-state index contributed by atoms with van der Waals surface area (Å²) in [5.41, 5.74) is 4.10. The number of hydrogen-bond donors (Lipinski definition) is 0. The molecule has 2 aromatic rings. The number of unbranched alkanes of at least 4 members (excludes halogenated alkanes) is 13. The molecule has 36 heavy (non-hydrogen) atoms. The Bertz CT molecular complexity index is 898. The predicted octanol–water partition coefficient (Wildman–Crippen LogP) is 9.65. The first-order valence-electron chi connectivity index (χ1n) is 14.3. The molecule has 0 atom stereocenters. The fourth-order valence-corrected chi connectivity index (χ4v) is 4.94. The average Bonchev–Trinajstić information content (AvgIpc) is 3.36. The summed E-state index contributed by atoms with van der Waals surface area (Å²) in [5.74, 6) is 0.280. The van der Waals surface area contributed by atoms with Crippen LogP contribution in [0.2, 0.25) is 0 Å². The van der Waals surface area contributed by atoms with Gasteiger partial charge in [0.05, 0.1) is 6.42 Å². The third-order valence-corrected chi connectivity index (χ3v) is 7.28. The quantitative estimate of drug-likeness (QED) is 0.0770. The second kappa shape index (κ2) is 19.9. The fourth-order valence-electron chi connectivity index (χ4n) is 4.06. The number of benzene rings is 1. The highest BCUT2D eigenvalue weighted by molar-refractivity contribution is 7.14. The highest BCUT2D eigenvalue weighted by Crippen LogP contribution is 2.26. The summed E-state index contributed by atoms with van der Waals surface area (Å²) in [6.07, 6.45) is 24.3. The fraction of sp³-hybridized carbons (Fsp3) is 0.613. The van der Waals surface area contributed by atoms with Crippen molar-refractivity contribution in [2.45, 2.75) is 123 Å². The van der Waals surface area contributed by atoms with Gasteiger partial charge >= 0.3 is 5.97 Å². The van der Waals surface area contributed by atoms with E-state index in [1.807, 2.05) is 30.3 Å². The van der Waals surface area contributed by atoms with Gasteiger partial charge in [-0.15, -0.1) is 15.9 Å². The zero-order chi connectivity index (χ0) is 25.7. The minimum atomic E-state index is -0.272. The Morgan fingerprint density at radius 2 is 1.42 bits per heavy atom. The molecule has 0 spiro atoms. The number of rotatable bonds is 20. The van der Waals surface area contributed by atoms with Crippen LogP contribution in [0.4, 0.5) is 0 Å². The van der Waals surface area contributed by atoms with Gasteiger partial charge in [0.15, 0.2) is 0 Å². The molecule has 0 aliphatic carbocycles. The van der Waals surface area contributed by atoms with E-state index in [-0.39, 0.29) is 12.4 Å². The number of aromatic nitrogens is 2. The van der Waals surface area contributed by atoms with Crippen LogP contribution in [0.25, 0.3) is 10.6 Å². The van der Waals surface area contributed by atoms with E-state index in [2.05, 4.69) is 29.8 Å². The van der Waals surface area contributed by atoms with Crippen LogP contribution < -0.4 is 4.74 Å². The number of nitrogens with zero attached hydrogens (tertiary/aromatic N) is 2. The monoisotopic (exact) mass is 510 g/mol. The molecule has 0 aliphatic heterocycles. The lowest BCUT2D eigenvalue weighted by molar-refractivity contribution is -0.133. The third-order valence-electron chi connectivity index (χ3n) is 6.25. The summed E-state index contributed by atoms with van der Waals surface area (Å²) in [5, 5.41) is 10.8. The van der Waals surface area contributed by atoms with Crippen molar-refractivity contribution in [1.29, 1.82) is 0 Å². The molecular weight excluding hydrogens is 464 g/mol. The van der Waals surface area contributed by atoms with Crippen LogP contribution in [-0.4, -0.2) is 16.2 Å². The lowest BCUT2D eigenvalue weighted by atomic mass is 10.1. The molecule has 0 amide bonds. The molecule has 0 fully saturated rings. The summed E-state index contributed by atoms with van der Waals surface area (Å²) in [7, 11) is 0. The number of hydrogen-bond acceptors (Lipinski definition) is 5. The summed E-state index contributed by atoms with van der Waals surface area (Å²) in [6, 6.07) is 7.54. The summed E-state index contributed by atoms with van der Waals surface area (Å²) in [6.45, 7) is 4.49. The van der Waals surface area contributed by atoms with E-state index >= 15 is 0 Å². The first-order chi connectivity index (χ1) is 17.7. The molecule has 4 nitrogen and oxygen atoms in total. The van der Waals surface area contributed by atoms with Crippen LogP contribution in [0.15, 0.2) is 42.1 Å². The molecule has 0 saturated carbocycles. The van der Waals surface area contributed by atoms with Gasteiger partial charge in [0.1, 0.15) is 15.8 Å². The normalized spacial score (nSPS) is 10.7. The molecule has 0 aliphatic rings. The number of ether oxygens (including phenoxy) is 1. The van der Waals surface area contributed by atoms with Crippen LogP contribution >= 0.6 is 11.3 Å². The minimum absolute atomic E-state index is 0.229. The van der Waals surface area contributed by atoms with Crippen molar-refractivity contribution in [2.24, 2.45) is 0 Å². The van der Waals surface area contributed by atoms with E-state index in [4.69, 9.17) is 4.74 Å². The summed E-state index contributed by atoms with van der Waals surface area (Å²) >= 11 is 1.66. The molecule has 198 valence electrons.